The number of nitrogens with one attached hydrogen (secondary N) is 1. The number of imidazole rings is 1. The van der Waals surface area contributed by atoms with Crippen LogP contribution in [0.15, 0.2) is 48.5 Å². The van der Waals surface area contributed by atoms with Crippen molar-refractivity contribution in [3.05, 3.63) is 70.0 Å². The first-order chi connectivity index (χ1) is 12.6. The highest BCUT2D eigenvalue weighted by Gasteiger charge is 2.30. The molecule has 132 valence electrons. The molecule has 26 heavy (non-hydrogen) atoms. The lowest BCUT2D eigenvalue weighted by atomic mass is 9.96. The summed E-state index contributed by atoms with van der Waals surface area (Å²) in [6.07, 6.45) is 1.77. The summed E-state index contributed by atoms with van der Waals surface area (Å²) in [7, 11) is 0. The van der Waals surface area contributed by atoms with Crippen molar-refractivity contribution < 1.29 is 9.72 Å². The summed E-state index contributed by atoms with van der Waals surface area (Å²) in [4.78, 5) is 33.3. The van der Waals surface area contributed by atoms with Gasteiger partial charge in [0.05, 0.1) is 16.0 Å². The van der Waals surface area contributed by atoms with Crippen LogP contribution < -0.4 is 0 Å². The highest BCUT2D eigenvalue weighted by Crippen LogP contribution is 2.29. The molecule has 1 fully saturated rings. The van der Waals surface area contributed by atoms with E-state index in [1.807, 2.05) is 24.3 Å². The van der Waals surface area contributed by atoms with Gasteiger partial charge in [-0.1, -0.05) is 24.3 Å². The molecule has 2 heterocycles. The monoisotopic (exact) mass is 350 g/mol. The third kappa shape index (κ3) is 2.92. The van der Waals surface area contributed by atoms with Crippen LogP contribution in [0, 0.1) is 10.1 Å². The maximum Gasteiger partial charge on any atom is 0.282 e. The second-order valence-corrected chi connectivity index (χ2v) is 6.50. The first-order valence-corrected chi connectivity index (χ1v) is 8.61. The van der Waals surface area contributed by atoms with Gasteiger partial charge in [-0.3, -0.25) is 14.9 Å². The Hall–Kier alpha value is -3.22. The van der Waals surface area contributed by atoms with Gasteiger partial charge in [-0.2, -0.15) is 0 Å². The zero-order chi connectivity index (χ0) is 18.1. The molecular weight excluding hydrogens is 332 g/mol. The lowest BCUT2D eigenvalue weighted by Gasteiger charge is -2.31. The highest BCUT2D eigenvalue weighted by atomic mass is 16.6. The molecule has 7 nitrogen and oxygen atoms in total. The fraction of sp³-hybridized carbons (Fsp3) is 0.263. The minimum absolute atomic E-state index is 0.0999. The van der Waals surface area contributed by atoms with Gasteiger partial charge in [0.2, 0.25) is 0 Å². The van der Waals surface area contributed by atoms with Crippen molar-refractivity contribution in [2.24, 2.45) is 0 Å². The van der Waals surface area contributed by atoms with Gasteiger partial charge >= 0.3 is 0 Å². The van der Waals surface area contributed by atoms with Gasteiger partial charge in [0, 0.05) is 25.1 Å². The molecule has 1 saturated heterocycles. The molecule has 0 saturated carbocycles. The Morgan fingerprint density at radius 1 is 1.19 bits per heavy atom. The fourth-order valence-corrected chi connectivity index (χ4v) is 3.53. The number of carbonyl (C=O) groups is 1. The molecule has 1 N–H and O–H groups in total. The molecular formula is C19H18N4O3. The number of likely N-dealkylation sites (tertiary alicyclic amines) is 1. The topological polar surface area (TPSA) is 92.1 Å². The number of para-hydroxylation sites is 3. The smallest absolute Gasteiger partial charge is 0.282 e. The van der Waals surface area contributed by atoms with E-state index in [-0.39, 0.29) is 23.1 Å². The van der Waals surface area contributed by atoms with E-state index in [0.717, 1.165) is 29.7 Å². The van der Waals surface area contributed by atoms with Crippen molar-refractivity contribution in [1.29, 1.82) is 0 Å². The van der Waals surface area contributed by atoms with Crippen molar-refractivity contribution in [1.82, 2.24) is 14.9 Å². The van der Waals surface area contributed by atoms with Gasteiger partial charge in [-0.05, 0) is 31.0 Å². The van der Waals surface area contributed by atoms with E-state index in [1.54, 1.807) is 17.0 Å². The van der Waals surface area contributed by atoms with E-state index in [1.165, 1.54) is 12.1 Å². The fourth-order valence-electron chi connectivity index (χ4n) is 3.53. The van der Waals surface area contributed by atoms with Crippen LogP contribution in [0.25, 0.3) is 11.0 Å². The summed E-state index contributed by atoms with van der Waals surface area (Å²) in [6, 6.07) is 13.9. The van der Waals surface area contributed by atoms with Gasteiger partial charge in [0.25, 0.3) is 11.6 Å². The van der Waals surface area contributed by atoms with Gasteiger partial charge in [-0.15, -0.1) is 0 Å². The van der Waals surface area contributed by atoms with Gasteiger partial charge in [0.15, 0.2) is 0 Å². The molecule has 4 rings (SSSR count). The number of nitro groups is 1. The summed E-state index contributed by atoms with van der Waals surface area (Å²) >= 11 is 0. The van der Waals surface area contributed by atoms with Crippen LogP contribution in [0.2, 0.25) is 0 Å². The number of fused-ring (bicyclic) bond motifs is 1. The van der Waals surface area contributed by atoms with E-state index in [0.29, 0.717) is 13.1 Å². The molecule has 1 unspecified atom stereocenters. The second kappa shape index (κ2) is 6.59. The summed E-state index contributed by atoms with van der Waals surface area (Å²) in [5, 5.41) is 11.2. The molecule has 7 heteroatoms. The zero-order valence-corrected chi connectivity index (χ0v) is 14.1. The number of amides is 1. The standard InChI is InChI=1S/C19H18N4O3/c24-19(14-7-1-4-10-17(14)23(25)26)22-11-5-6-13(12-22)18-20-15-8-2-3-9-16(15)21-18/h1-4,7-10,13H,5-6,11-12H2,(H,20,21). The summed E-state index contributed by atoms with van der Waals surface area (Å²) in [5.74, 6) is 0.673. The summed E-state index contributed by atoms with van der Waals surface area (Å²) in [5.41, 5.74) is 1.88. The molecule has 0 aliphatic carbocycles. The summed E-state index contributed by atoms with van der Waals surface area (Å²) in [6.45, 7) is 1.10. The minimum atomic E-state index is -0.506. The number of benzene rings is 2. The molecule has 1 amide bonds. The molecule has 1 aliphatic heterocycles. The highest BCUT2D eigenvalue weighted by molar-refractivity contribution is 5.98. The van der Waals surface area contributed by atoms with Crippen LogP contribution in [-0.4, -0.2) is 38.8 Å². The largest absolute Gasteiger partial charge is 0.342 e. The van der Waals surface area contributed by atoms with Crippen molar-refractivity contribution in [3.63, 3.8) is 0 Å². The number of hydrogen-bond donors (Lipinski definition) is 1. The number of H-pyrrole nitrogens is 1. The van der Waals surface area contributed by atoms with E-state index in [2.05, 4.69) is 9.97 Å². The van der Waals surface area contributed by atoms with Crippen LogP contribution in [0.1, 0.15) is 34.9 Å². The lowest BCUT2D eigenvalue weighted by molar-refractivity contribution is -0.385. The molecule has 0 spiro atoms. The normalized spacial score (nSPS) is 17.4. The Kier molecular flexibility index (Phi) is 4.12. The van der Waals surface area contributed by atoms with Crippen LogP contribution in [0.3, 0.4) is 0 Å². The van der Waals surface area contributed by atoms with Gasteiger partial charge in [0.1, 0.15) is 11.4 Å². The quantitative estimate of drug-likeness (QED) is 0.578. The Morgan fingerprint density at radius 2 is 1.96 bits per heavy atom. The van der Waals surface area contributed by atoms with Gasteiger partial charge < -0.3 is 9.88 Å². The maximum absolute atomic E-state index is 12.9. The number of aromatic nitrogens is 2. The molecule has 1 aromatic heterocycles. The predicted molar refractivity (Wildman–Crippen MR) is 97.1 cm³/mol. The molecule has 0 bridgehead atoms. The SMILES string of the molecule is O=C(c1ccccc1[N+](=O)[O-])N1CCCC(c2nc3ccccc3[nH]2)C1. The molecule has 3 aromatic rings. The molecule has 1 atom stereocenters. The van der Waals surface area contributed by atoms with Gasteiger partial charge in [-0.25, -0.2) is 4.98 Å². The average Bonchev–Trinajstić information content (AvgIpc) is 3.12. The first-order valence-electron chi connectivity index (χ1n) is 8.61. The lowest BCUT2D eigenvalue weighted by Crippen LogP contribution is -2.39. The Bertz CT molecular complexity index is 949. The Morgan fingerprint density at radius 3 is 2.77 bits per heavy atom. The summed E-state index contributed by atoms with van der Waals surface area (Å²) < 4.78 is 0. The molecule has 0 radical (unpaired) electrons. The molecule has 1 aliphatic rings. The van der Waals surface area contributed by atoms with Crippen LogP contribution >= 0.6 is 0 Å². The Labute approximate surface area is 149 Å². The van der Waals surface area contributed by atoms with E-state index >= 15 is 0 Å². The van der Waals surface area contributed by atoms with Crippen molar-refractivity contribution in [2.75, 3.05) is 13.1 Å². The zero-order valence-electron chi connectivity index (χ0n) is 14.1. The van der Waals surface area contributed by atoms with E-state index in [4.69, 9.17) is 0 Å². The second-order valence-electron chi connectivity index (χ2n) is 6.50. The number of nitrogens with zero attached hydrogens (tertiary/aromatic N) is 3. The average molecular weight is 350 g/mol. The third-order valence-corrected chi connectivity index (χ3v) is 4.83. The van der Waals surface area contributed by atoms with Crippen LogP contribution in [-0.2, 0) is 0 Å². The third-order valence-electron chi connectivity index (χ3n) is 4.83. The van der Waals surface area contributed by atoms with E-state index in [9.17, 15) is 14.9 Å². The number of rotatable bonds is 3. The first kappa shape index (κ1) is 16.3. The van der Waals surface area contributed by atoms with Crippen LogP contribution in [0.4, 0.5) is 5.69 Å². The maximum atomic E-state index is 12.9. The number of aromatic amines is 1. The Balaban J connectivity index is 1.59. The minimum Gasteiger partial charge on any atom is -0.342 e. The number of carbonyl (C=O) groups excluding carboxylic acids is 1. The number of nitro benzene ring substituents is 1. The van der Waals surface area contributed by atoms with Crippen LogP contribution in [0.5, 0.6) is 0 Å². The molecule has 2 aromatic carbocycles. The number of hydrogen-bond acceptors (Lipinski definition) is 4. The van der Waals surface area contributed by atoms with E-state index < -0.39 is 4.92 Å². The predicted octanol–water partition coefficient (Wildman–Crippen LogP) is 3.49. The van der Waals surface area contributed by atoms with Crippen molar-refractivity contribution in [2.45, 2.75) is 18.8 Å². The number of piperidine rings is 1. The van der Waals surface area contributed by atoms with Crippen molar-refractivity contribution >= 4 is 22.6 Å². The van der Waals surface area contributed by atoms with Crippen molar-refractivity contribution in [3.8, 4) is 0 Å².